The lowest BCUT2D eigenvalue weighted by Gasteiger charge is -2.34. The van der Waals surface area contributed by atoms with E-state index in [0.29, 0.717) is 31.1 Å². The van der Waals surface area contributed by atoms with Gasteiger partial charge >= 0.3 is 6.16 Å². The van der Waals surface area contributed by atoms with Crippen molar-refractivity contribution in [1.82, 2.24) is 10.3 Å². The van der Waals surface area contributed by atoms with Gasteiger partial charge in [-0.2, -0.15) is 0 Å². The molecular weight excluding hydrogens is 446 g/mol. The number of benzene rings is 1. The normalized spacial score (nSPS) is 16.7. The molecule has 1 aromatic heterocycles. The van der Waals surface area contributed by atoms with Gasteiger partial charge in [-0.1, -0.05) is 6.07 Å². The van der Waals surface area contributed by atoms with Gasteiger partial charge in [0.05, 0.1) is 23.5 Å². The van der Waals surface area contributed by atoms with Crippen molar-refractivity contribution >= 4 is 23.7 Å². The average molecular weight is 468 g/mol. The molecule has 2 atom stereocenters. The van der Waals surface area contributed by atoms with Crippen LogP contribution in [0.2, 0.25) is 0 Å². The van der Waals surface area contributed by atoms with Crippen molar-refractivity contribution in [2.24, 2.45) is 0 Å². The fourth-order valence-electron chi connectivity index (χ4n) is 3.26. The number of amides is 1. The fourth-order valence-corrected chi connectivity index (χ4v) is 4.28. The van der Waals surface area contributed by atoms with Gasteiger partial charge in [0.2, 0.25) is 6.41 Å². The summed E-state index contributed by atoms with van der Waals surface area (Å²) in [5.74, 6) is -2.65. The highest BCUT2D eigenvalue weighted by molar-refractivity contribution is 8.05. The van der Waals surface area contributed by atoms with Gasteiger partial charge in [0.15, 0.2) is 0 Å². The zero-order valence-electron chi connectivity index (χ0n) is 17.0. The number of carbonyl (C=O) groups excluding carboxylic acids is 1. The van der Waals surface area contributed by atoms with Crippen molar-refractivity contribution in [3.8, 4) is 5.75 Å². The van der Waals surface area contributed by atoms with E-state index in [-0.39, 0.29) is 12.1 Å². The Balaban J connectivity index is 1.78. The largest absolute Gasteiger partial charge is 0.453 e. The predicted octanol–water partition coefficient (Wildman–Crippen LogP) is 1.47. The van der Waals surface area contributed by atoms with Gasteiger partial charge < -0.3 is 30.1 Å². The molecule has 2 aromatic rings. The molecule has 4 N–H and O–H groups in total. The van der Waals surface area contributed by atoms with Crippen LogP contribution >= 0.6 is 11.8 Å². The lowest BCUT2D eigenvalue weighted by molar-refractivity contribution is -0.419. The van der Waals surface area contributed by atoms with Crippen molar-refractivity contribution in [3.05, 3.63) is 64.3 Å². The van der Waals surface area contributed by atoms with Crippen LogP contribution in [-0.4, -0.2) is 57.4 Å². The smallest absolute Gasteiger partial charge is 0.416 e. The minimum Gasteiger partial charge on any atom is -0.416 e. The van der Waals surface area contributed by atoms with E-state index < -0.39 is 34.9 Å². The molecule has 0 saturated heterocycles. The topological polar surface area (TPSA) is 121 Å². The fraction of sp³-hybridized carbons (Fsp3) is 0.333. The molecule has 32 heavy (non-hydrogen) atoms. The van der Waals surface area contributed by atoms with Crippen LogP contribution in [0.15, 0.2) is 36.0 Å². The van der Waals surface area contributed by atoms with E-state index in [1.807, 2.05) is 13.0 Å². The van der Waals surface area contributed by atoms with Gasteiger partial charge in [-0.15, -0.1) is 11.8 Å². The second kappa shape index (κ2) is 10.4. The van der Waals surface area contributed by atoms with Crippen LogP contribution in [0, 0.1) is 18.6 Å². The number of carbonyl (C=O) groups is 1. The molecule has 2 heterocycles. The van der Waals surface area contributed by atoms with Crippen molar-refractivity contribution in [3.63, 3.8) is 0 Å². The van der Waals surface area contributed by atoms with Crippen LogP contribution in [0.25, 0.3) is 5.57 Å². The Morgan fingerprint density at radius 2 is 2.06 bits per heavy atom. The van der Waals surface area contributed by atoms with Gasteiger partial charge in [-0.05, 0) is 35.5 Å². The number of aromatic nitrogens is 1. The first kappa shape index (κ1) is 24.1. The van der Waals surface area contributed by atoms with Crippen LogP contribution in [0.4, 0.5) is 8.78 Å². The number of thioether (sulfide) groups is 1. The Hall–Kier alpha value is -2.57. The summed E-state index contributed by atoms with van der Waals surface area (Å²) in [6.07, 6.45) is 0.324. The third kappa shape index (κ3) is 6.24. The number of halogens is 2. The summed E-state index contributed by atoms with van der Waals surface area (Å²) >= 11 is 1.30. The molecule has 0 bridgehead atoms. The summed E-state index contributed by atoms with van der Waals surface area (Å²) in [4.78, 5) is 15.0. The first-order valence-electron chi connectivity index (χ1n) is 9.58. The summed E-state index contributed by atoms with van der Waals surface area (Å²) in [7, 11) is 0. The molecular formula is C21H22F2N2O6S. The average Bonchev–Trinajstić information content (AvgIpc) is 2.66. The number of nitrogens with zero attached hydrogens (tertiary/aromatic N) is 1. The molecule has 3 rings (SSSR count). The molecule has 172 valence electrons. The Morgan fingerprint density at radius 3 is 2.69 bits per heavy atom. The molecule has 1 aliphatic heterocycles. The Morgan fingerprint density at radius 1 is 1.28 bits per heavy atom. The molecule has 0 radical (unpaired) electrons. The van der Waals surface area contributed by atoms with E-state index in [9.17, 15) is 13.6 Å². The summed E-state index contributed by atoms with van der Waals surface area (Å²) in [6, 6.07) is 3.31. The molecule has 1 aromatic carbocycles. The van der Waals surface area contributed by atoms with Crippen LogP contribution in [-0.2, 0) is 16.0 Å². The second-order valence-corrected chi connectivity index (χ2v) is 8.14. The molecule has 0 aliphatic carbocycles. The van der Waals surface area contributed by atoms with E-state index in [1.165, 1.54) is 11.8 Å². The summed E-state index contributed by atoms with van der Waals surface area (Å²) in [5, 5.41) is 31.0. The molecule has 8 nitrogen and oxygen atoms in total. The summed E-state index contributed by atoms with van der Waals surface area (Å²) in [6.45, 7) is 2.34. The molecule has 0 fully saturated rings. The minimum absolute atomic E-state index is 0.119. The summed E-state index contributed by atoms with van der Waals surface area (Å²) < 4.78 is 38.8. The van der Waals surface area contributed by atoms with E-state index in [0.717, 1.165) is 17.2 Å². The van der Waals surface area contributed by atoms with E-state index in [1.54, 1.807) is 17.8 Å². The van der Waals surface area contributed by atoms with Crippen LogP contribution in [0.5, 0.6) is 5.75 Å². The van der Waals surface area contributed by atoms with Gasteiger partial charge in [0, 0.05) is 31.1 Å². The minimum atomic E-state index is -3.63. The number of aliphatic hydroxyl groups is 3. The van der Waals surface area contributed by atoms with E-state index >= 15 is 0 Å². The number of aryl methyl sites for hydroxylation is 1. The highest BCUT2D eigenvalue weighted by Crippen LogP contribution is 2.46. The van der Waals surface area contributed by atoms with E-state index in [4.69, 9.17) is 20.1 Å². The molecule has 0 saturated carbocycles. The van der Waals surface area contributed by atoms with Crippen molar-refractivity contribution in [1.29, 1.82) is 0 Å². The number of hydrogen-bond acceptors (Lipinski definition) is 8. The predicted molar refractivity (Wildman–Crippen MR) is 112 cm³/mol. The highest BCUT2D eigenvalue weighted by Gasteiger charge is 2.37. The van der Waals surface area contributed by atoms with Gasteiger partial charge in [-0.3, -0.25) is 9.78 Å². The lowest BCUT2D eigenvalue weighted by atomic mass is 9.98. The third-order valence-corrected chi connectivity index (χ3v) is 5.84. The number of nitrogens with one attached hydrogen (secondary N) is 1. The van der Waals surface area contributed by atoms with Crippen LogP contribution in [0.3, 0.4) is 0 Å². The Kier molecular flexibility index (Phi) is 7.80. The Bertz CT molecular complexity index is 999. The number of ether oxygens (including phenoxy) is 2. The van der Waals surface area contributed by atoms with Crippen LogP contribution in [0.1, 0.15) is 16.7 Å². The van der Waals surface area contributed by atoms with Crippen molar-refractivity contribution < 1.29 is 38.4 Å². The maximum Gasteiger partial charge on any atom is 0.453 e. The molecule has 2 unspecified atom stereocenters. The third-order valence-electron chi connectivity index (χ3n) is 4.60. The molecule has 1 aliphatic rings. The van der Waals surface area contributed by atoms with Crippen molar-refractivity contribution in [2.45, 2.75) is 30.9 Å². The lowest BCUT2D eigenvalue weighted by Crippen LogP contribution is -2.40. The maximum atomic E-state index is 14.6. The zero-order chi connectivity index (χ0) is 23.3. The van der Waals surface area contributed by atoms with Crippen molar-refractivity contribution in [2.75, 3.05) is 13.2 Å². The SMILES string of the molecule is Cc1cncc(CCOC(CNC=O)C2SC=C2c2c(F)cc(F)cc2OC(O)(O)O)c1. The molecule has 1 amide bonds. The standard InChI is InChI=1S/C21H22F2N2O6S/c1-12-4-13(8-24-7-12)2-3-30-18(9-25-11-26)20-15(10-32-20)19-16(23)5-14(22)6-17(19)31-21(27,28)29/h4-8,10-11,18,20,27-29H,2-3,9H2,1H3,(H,25,26). The van der Waals surface area contributed by atoms with E-state index in [2.05, 4.69) is 15.0 Å². The number of hydrogen-bond donors (Lipinski definition) is 4. The van der Waals surface area contributed by atoms with Gasteiger partial charge in [0.1, 0.15) is 17.4 Å². The molecule has 0 spiro atoms. The first-order valence-corrected chi connectivity index (χ1v) is 10.5. The Labute approximate surface area is 186 Å². The maximum absolute atomic E-state index is 14.6. The monoisotopic (exact) mass is 468 g/mol. The highest BCUT2D eigenvalue weighted by atomic mass is 32.2. The van der Waals surface area contributed by atoms with Gasteiger partial charge in [0.25, 0.3) is 0 Å². The molecule has 11 heteroatoms. The zero-order valence-corrected chi connectivity index (χ0v) is 17.8. The quantitative estimate of drug-likeness (QED) is 0.289. The number of pyridine rings is 1. The second-order valence-electron chi connectivity index (χ2n) is 7.12. The van der Waals surface area contributed by atoms with Gasteiger partial charge in [-0.25, -0.2) is 8.78 Å². The number of rotatable bonds is 11. The summed E-state index contributed by atoms with van der Waals surface area (Å²) in [5.41, 5.74) is 2.06. The van der Waals surface area contributed by atoms with Crippen LogP contribution < -0.4 is 10.1 Å². The first-order chi connectivity index (χ1) is 15.2.